The predicted octanol–water partition coefficient (Wildman–Crippen LogP) is 2.37. The monoisotopic (exact) mass is 284 g/mol. The minimum Gasteiger partial charge on any atom is -0.478 e. The van der Waals surface area contributed by atoms with Gasteiger partial charge in [-0.25, -0.2) is 4.79 Å². The minimum absolute atomic E-state index is 0.0154. The standard InChI is InChI=1S/C17H16O4/c18-9-3-8-17(21)14-5-2-1-4-12(14)13-7-6-11(16(19)20)10-15(13)17/h1-2,4-7,10,18,21H,3,8-9H2,(H,19,20). The van der Waals surface area contributed by atoms with Crippen LogP contribution in [0.15, 0.2) is 42.5 Å². The summed E-state index contributed by atoms with van der Waals surface area (Å²) in [7, 11) is 0. The molecule has 3 rings (SSSR count). The van der Waals surface area contributed by atoms with Gasteiger partial charge < -0.3 is 15.3 Å². The number of aromatic carboxylic acids is 1. The maximum absolute atomic E-state index is 11.2. The van der Waals surface area contributed by atoms with E-state index in [0.717, 1.165) is 16.7 Å². The van der Waals surface area contributed by atoms with Crippen LogP contribution in [0.25, 0.3) is 11.1 Å². The fraction of sp³-hybridized carbons (Fsp3) is 0.235. The Morgan fingerprint density at radius 1 is 1.05 bits per heavy atom. The zero-order valence-electron chi connectivity index (χ0n) is 11.4. The lowest BCUT2D eigenvalue weighted by atomic mass is 9.86. The Labute approximate surface area is 122 Å². The first-order chi connectivity index (χ1) is 10.1. The molecular weight excluding hydrogens is 268 g/mol. The molecule has 0 aromatic heterocycles. The molecule has 4 nitrogen and oxygen atoms in total. The first-order valence-corrected chi connectivity index (χ1v) is 6.89. The molecular formula is C17H16O4. The van der Waals surface area contributed by atoms with E-state index in [-0.39, 0.29) is 12.2 Å². The highest BCUT2D eigenvalue weighted by atomic mass is 16.4. The van der Waals surface area contributed by atoms with E-state index in [2.05, 4.69) is 0 Å². The van der Waals surface area contributed by atoms with Crippen LogP contribution in [0.5, 0.6) is 0 Å². The van der Waals surface area contributed by atoms with Crippen molar-refractivity contribution in [1.82, 2.24) is 0 Å². The number of carboxylic acid groups (broad SMARTS) is 1. The van der Waals surface area contributed by atoms with Gasteiger partial charge in [-0.3, -0.25) is 0 Å². The highest BCUT2D eigenvalue weighted by molar-refractivity contribution is 5.91. The number of aliphatic hydroxyl groups excluding tert-OH is 1. The fourth-order valence-electron chi connectivity index (χ4n) is 3.08. The third kappa shape index (κ3) is 2.04. The van der Waals surface area contributed by atoms with Crippen molar-refractivity contribution in [3.8, 4) is 11.1 Å². The second-order valence-corrected chi connectivity index (χ2v) is 5.30. The van der Waals surface area contributed by atoms with Crippen LogP contribution in [0.4, 0.5) is 0 Å². The van der Waals surface area contributed by atoms with Gasteiger partial charge in [0, 0.05) is 6.61 Å². The first-order valence-electron chi connectivity index (χ1n) is 6.89. The van der Waals surface area contributed by atoms with Crippen LogP contribution in [0.2, 0.25) is 0 Å². The van der Waals surface area contributed by atoms with E-state index in [9.17, 15) is 9.90 Å². The Balaban J connectivity index is 2.21. The van der Waals surface area contributed by atoms with E-state index in [1.165, 1.54) is 6.07 Å². The molecule has 0 amide bonds. The van der Waals surface area contributed by atoms with Crippen LogP contribution < -0.4 is 0 Å². The molecule has 108 valence electrons. The van der Waals surface area contributed by atoms with Gasteiger partial charge >= 0.3 is 5.97 Å². The van der Waals surface area contributed by atoms with Crippen molar-refractivity contribution in [2.24, 2.45) is 0 Å². The molecule has 0 radical (unpaired) electrons. The van der Waals surface area contributed by atoms with E-state index >= 15 is 0 Å². The van der Waals surface area contributed by atoms with Crippen molar-refractivity contribution in [3.05, 3.63) is 59.2 Å². The average molecular weight is 284 g/mol. The summed E-state index contributed by atoms with van der Waals surface area (Å²) in [5.41, 5.74) is 2.08. The molecule has 2 aromatic carbocycles. The lowest BCUT2D eigenvalue weighted by Crippen LogP contribution is -2.25. The van der Waals surface area contributed by atoms with Gasteiger partial charge in [0.05, 0.1) is 5.56 Å². The summed E-state index contributed by atoms with van der Waals surface area (Å²) in [5, 5.41) is 29.4. The second kappa shape index (κ2) is 4.98. The predicted molar refractivity (Wildman–Crippen MR) is 78.2 cm³/mol. The summed E-state index contributed by atoms with van der Waals surface area (Å²) in [5.74, 6) is -1.02. The van der Waals surface area contributed by atoms with Gasteiger partial charge in [0.25, 0.3) is 0 Å². The summed E-state index contributed by atoms with van der Waals surface area (Å²) in [6.45, 7) is -0.0154. The Bertz CT molecular complexity index is 708. The molecule has 1 unspecified atom stereocenters. The van der Waals surface area contributed by atoms with Crippen molar-refractivity contribution in [2.75, 3.05) is 6.61 Å². The highest BCUT2D eigenvalue weighted by Crippen LogP contribution is 2.49. The van der Waals surface area contributed by atoms with Crippen LogP contribution in [-0.4, -0.2) is 27.9 Å². The molecule has 4 heteroatoms. The molecule has 1 atom stereocenters. The summed E-state index contributed by atoms with van der Waals surface area (Å²) in [6.07, 6.45) is 0.804. The Kier molecular flexibility index (Phi) is 3.27. The largest absolute Gasteiger partial charge is 0.478 e. The van der Waals surface area contributed by atoms with Crippen molar-refractivity contribution in [2.45, 2.75) is 18.4 Å². The van der Waals surface area contributed by atoms with Crippen molar-refractivity contribution in [1.29, 1.82) is 0 Å². The molecule has 1 aliphatic rings. The second-order valence-electron chi connectivity index (χ2n) is 5.30. The normalized spacial score (nSPS) is 19.1. The molecule has 3 N–H and O–H groups in total. The zero-order valence-corrected chi connectivity index (χ0v) is 11.4. The van der Waals surface area contributed by atoms with Crippen molar-refractivity contribution < 1.29 is 20.1 Å². The van der Waals surface area contributed by atoms with Crippen LogP contribution in [0, 0.1) is 0 Å². The molecule has 0 heterocycles. The molecule has 0 spiro atoms. The van der Waals surface area contributed by atoms with Gasteiger partial charge in [-0.05, 0) is 47.2 Å². The zero-order chi connectivity index (χ0) is 15.0. The van der Waals surface area contributed by atoms with Crippen LogP contribution >= 0.6 is 0 Å². The van der Waals surface area contributed by atoms with E-state index < -0.39 is 11.6 Å². The minimum atomic E-state index is -1.24. The highest BCUT2D eigenvalue weighted by Gasteiger charge is 2.41. The lowest BCUT2D eigenvalue weighted by molar-refractivity contribution is 0.0660. The lowest BCUT2D eigenvalue weighted by Gasteiger charge is -2.25. The molecule has 0 saturated heterocycles. The van der Waals surface area contributed by atoms with Crippen molar-refractivity contribution >= 4 is 5.97 Å². The van der Waals surface area contributed by atoms with Gasteiger partial charge in [0.1, 0.15) is 5.60 Å². The molecule has 1 aliphatic carbocycles. The molecule has 0 saturated carbocycles. The third-order valence-electron chi connectivity index (χ3n) is 4.07. The molecule has 0 fully saturated rings. The summed E-state index contributed by atoms with van der Waals surface area (Å²) >= 11 is 0. The number of benzene rings is 2. The number of hydrogen-bond donors (Lipinski definition) is 3. The van der Waals surface area contributed by atoms with E-state index in [1.807, 2.05) is 24.3 Å². The molecule has 0 aliphatic heterocycles. The molecule has 0 bridgehead atoms. The number of carboxylic acids is 1. The fourth-order valence-corrected chi connectivity index (χ4v) is 3.08. The summed E-state index contributed by atoms with van der Waals surface area (Å²) < 4.78 is 0. The maximum atomic E-state index is 11.2. The van der Waals surface area contributed by atoms with Crippen LogP contribution in [0.3, 0.4) is 0 Å². The van der Waals surface area contributed by atoms with Gasteiger partial charge in [0.15, 0.2) is 0 Å². The number of fused-ring (bicyclic) bond motifs is 3. The average Bonchev–Trinajstić information content (AvgIpc) is 2.75. The quantitative estimate of drug-likeness (QED) is 0.805. The number of hydrogen-bond acceptors (Lipinski definition) is 3. The Hall–Kier alpha value is -2.17. The van der Waals surface area contributed by atoms with Crippen LogP contribution in [-0.2, 0) is 5.60 Å². The summed E-state index contributed by atoms with van der Waals surface area (Å²) in [6, 6.07) is 12.4. The summed E-state index contributed by atoms with van der Waals surface area (Å²) in [4.78, 5) is 11.2. The Morgan fingerprint density at radius 3 is 2.48 bits per heavy atom. The maximum Gasteiger partial charge on any atom is 0.335 e. The number of carbonyl (C=O) groups is 1. The van der Waals surface area contributed by atoms with E-state index in [0.29, 0.717) is 18.4 Å². The van der Waals surface area contributed by atoms with Crippen molar-refractivity contribution in [3.63, 3.8) is 0 Å². The SMILES string of the molecule is O=C(O)c1ccc2c(c1)C(O)(CCCO)c1ccccc1-2. The van der Waals surface area contributed by atoms with Gasteiger partial charge in [-0.15, -0.1) is 0 Å². The van der Waals surface area contributed by atoms with E-state index in [4.69, 9.17) is 10.2 Å². The van der Waals surface area contributed by atoms with Gasteiger partial charge in [0.2, 0.25) is 0 Å². The molecule has 2 aromatic rings. The Morgan fingerprint density at radius 2 is 1.76 bits per heavy atom. The van der Waals surface area contributed by atoms with Gasteiger partial charge in [-0.2, -0.15) is 0 Å². The first kappa shape index (κ1) is 13.8. The topological polar surface area (TPSA) is 77.8 Å². The number of rotatable bonds is 4. The number of aliphatic hydroxyl groups is 2. The van der Waals surface area contributed by atoms with E-state index in [1.54, 1.807) is 12.1 Å². The van der Waals surface area contributed by atoms with Crippen LogP contribution in [0.1, 0.15) is 34.3 Å². The third-order valence-corrected chi connectivity index (χ3v) is 4.07. The molecule has 21 heavy (non-hydrogen) atoms. The van der Waals surface area contributed by atoms with Gasteiger partial charge in [-0.1, -0.05) is 30.3 Å². The smallest absolute Gasteiger partial charge is 0.335 e.